The van der Waals surface area contributed by atoms with Gasteiger partial charge in [0.15, 0.2) is 0 Å². The van der Waals surface area contributed by atoms with Crippen LogP contribution in [0.2, 0.25) is 0 Å². The fourth-order valence-electron chi connectivity index (χ4n) is 2.97. The lowest BCUT2D eigenvalue weighted by atomic mass is 10.1. The van der Waals surface area contributed by atoms with Crippen LogP contribution in [0.15, 0.2) is 35.7 Å². The molecule has 1 unspecified atom stereocenters. The van der Waals surface area contributed by atoms with Crippen molar-refractivity contribution in [3.05, 3.63) is 52.0 Å². The van der Waals surface area contributed by atoms with Gasteiger partial charge in [0, 0.05) is 38.4 Å². The maximum atomic E-state index is 12.3. The standard InChI is InChI=1S/C19H23N3O3S/c1-25-8-7-22-12-15(10-18(22)23)19(24)20-11-16-13-26-17(21-16)9-14-5-3-2-4-6-14/h2-6,13,15H,7-12H2,1H3,(H,20,24). The number of ether oxygens (including phenoxy) is 1. The smallest absolute Gasteiger partial charge is 0.225 e. The van der Waals surface area contributed by atoms with E-state index in [9.17, 15) is 9.59 Å². The molecule has 138 valence electrons. The minimum absolute atomic E-state index is 0.0148. The van der Waals surface area contributed by atoms with Crippen LogP contribution in [0.3, 0.4) is 0 Å². The SMILES string of the molecule is COCCN1CC(C(=O)NCc2csc(Cc3ccccc3)n2)CC1=O. The molecule has 2 aromatic rings. The molecule has 0 bridgehead atoms. The molecule has 1 aliphatic heterocycles. The molecular formula is C19H23N3O3S. The van der Waals surface area contributed by atoms with Gasteiger partial charge in [-0.05, 0) is 5.56 Å². The lowest BCUT2D eigenvalue weighted by molar-refractivity contribution is -0.129. The van der Waals surface area contributed by atoms with E-state index in [2.05, 4.69) is 22.4 Å². The molecule has 3 rings (SSSR count). The first-order valence-corrected chi connectivity index (χ1v) is 9.55. The van der Waals surface area contributed by atoms with Crippen LogP contribution in [0.1, 0.15) is 22.7 Å². The molecule has 1 aromatic heterocycles. The number of carbonyl (C=O) groups is 2. The summed E-state index contributed by atoms with van der Waals surface area (Å²) in [6.07, 6.45) is 1.07. The first kappa shape index (κ1) is 18.5. The third-order valence-corrected chi connectivity index (χ3v) is 5.29. The molecule has 2 amide bonds. The van der Waals surface area contributed by atoms with Gasteiger partial charge in [-0.2, -0.15) is 0 Å². The molecule has 1 aliphatic rings. The highest BCUT2D eigenvalue weighted by Gasteiger charge is 2.33. The van der Waals surface area contributed by atoms with Gasteiger partial charge >= 0.3 is 0 Å². The van der Waals surface area contributed by atoms with Crippen LogP contribution >= 0.6 is 11.3 Å². The van der Waals surface area contributed by atoms with Crippen molar-refractivity contribution in [1.82, 2.24) is 15.2 Å². The van der Waals surface area contributed by atoms with Gasteiger partial charge in [-0.1, -0.05) is 30.3 Å². The number of rotatable bonds is 8. The van der Waals surface area contributed by atoms with Gasteiger partial charge in [0.2, 0.25) is 11.8 Å². The van der Waals surface area contributed by atoms with Crippen molar-refractivity contribution in [2.75, 3.05) is 26.8 Å². The summed E-state index contributed by atoms with van der Waals surface area (Å²) >= 11 is 1.60. The van der Waals surface area contributed by atoms with Crippen LogP contribution in [0.25, 0.3) is 0 Å². The van der Waals surface area contributed by atoms with Crippen molar-refractivity contribution in [3.8, 4) is 0 Å². The van der Waals surface area contributed by atoms with Crippen LogP contribution in [-0.2, 0) is 27.3 Å². The van der Waals surface area contributed by atoms with Crippen LogP contribution in [0, 0.1) is 5.92 Å². The average Bonchev–Trinajstić information content (AvgIpc) is 3.25. The summed E-state index contributed by atoms with van der Waals surface area (Å²) in [5.41, 5.74) is 2.08. The summed E-state index contributed by atoms with van der Waals surface area (Å²) in [6.45, 7) is 1.88. The molecule has 1 atom stereocenters. The number of hydrogen-bond acceptors (Lipinski definition) is 5. The van der Waals surface area contributed by atoms with Gasteiger partial charge in [0.1, 0.15) is 0 Å². The van der Waals surface area contributed by atoms with E-state index in [4.69, 9.17) is 4.74 Å². The summed E-state index contributed by atoms with van der Waals surface area (Å²) in [4.78, 5) is 30.5. The predicted molar refractivity (Wildman–Crippen MR) is 99.8 cm³/mol. The van der Waals surface area contributed by atoms with Gasteiger partial charge in [-0.15, -0.1) is 11.3 Å². The first-order valence-electron chi connectivity index (χ1n) is 8.67. The largest absolute Gasteiger partial charge is 0.383 e. The summed E-state index contributed by atoms with van der Waals surface area (Å²) in [7, 11) is 1.60. The fourth-order valence-corrected chi connectivity index (χ4v) is 3.80. The van der Waals surface area contributed by atoms with Crippen LogP contribution in [-0.4, -0.2) is 48.5 Å². The van der Waals surface area contributed by atoms with E-state index in [-0.39, 0.29) is 24.2 Å². The number of thiazole rings is 1. The summed E-state index contributed by atoms with van der Waals surface area (Å²) < 4.78 is 5.00. The summed E-state index contributed by atoms with van der Waals surface area (Å²) in [6, 6.07) is 10.2. The lowest BCUT2D eigenvalue weighted by Gasteiger charge is -2.15. The monoisotopic (exact) mass is 373 g/mol. The third kappa shape index (κ3) is 4.89. The Labute approximate surface area is 157 Å². The molecule has 2 heterocycles. The normalized spacial score (nSPS) is 16.9. The first-order chi connectivity index (χ1) is 12.7. The van der Waals surface area contributed by atoms with Gasteiger partial charge in [0.25, 0.3) is 0 Å². The van der Waals surface area contributed by atoms with Crippen LogP contribution < -0.4 is 5.32 Å². The van der Waals surface area contributed by atoms with Crippen LogP contribution in [0.5, 0.6) is 0 Å². The maximum absolute atomic E-state index is 12.3. The fraction of sp³-hybridized carbons (Fsp3) is 0.421. The number of nitrogens with zero attached hydrogens (tertiary/aromatic N) is 2. The Morgan fingerprint density at radius 2 is 2.19 bits per heavy atom. The highest BCUT2D eigenvalue weighted by atomic mass is 32.1. The molecule has 7 heteroatoms. The van der Waals surface area contributed by atoms with Crippen molar-refractivity contribution in [2.24, 2.45) is 5.92 Å². The lowest BCUT2D eigenvalue weighted by Crippen LogP contribution is -2.33. The molecule has 1 N–H and O–H groups in total. The maximum Gasteiger partial charge on any atom is 0.225 e. The zero-order valence-electron chi connectivity index (χ0n) is 14.8. The average molecular weight is 373 g/mol. The number of nitrogens with one attached hydrogen (secondary N) is 1. The van der Waals surface area contributed by atoms with Crippen molar-refractivity contribution >= 4 is 23.2 Å². The van der Waals surface area contributed by atoms with Crippen molar-refractivity contribution in [1.29, 1.82) is 0 Å². The Bertz CT molecular complexity index is 747. The van der Waals surface area contributed by atoms with Crippen molar-refractivity contribution < 1.29 is 14.3 Å². The molecule has 0 aliphatic carbocycles. The topological polar surface area (TPSA) is 71.5 Å². The Balaban J connectivity index is 1.47. The van der Waals surface area contributed by atoms with E-state index >= 15 is 0 Å². The Morgan fingerprint density at radius 1 is 1.38 bits per heavy atom. The van der Waals surface area contributed by atoms with E-state index in [1.165, 1.54) is 5.56 Å². The predicted octanol–water partition coefficient (Wildman–Crippen LogP) is 1.85. The number of amides is 2. The van der Waals surface area contributed by atoms with E-state index in [1.807, 2.05) is 23.6 Å². The zero-order valence-corrected chi connectivity index (χ0v) is 15.6. The van der Waals surface area contributed by atoms with E-state index in [0.717, 1.165) is 17.1 Å². The highest BCUT2D eigenvalue weighted by Crippen LogP contribution is 2.18. The molecule has 1 fully saturated rings. The van der Waals surface area contributed by atoms with Gasteiger partial charge in [0.05, 0.1) is 29.8 Å². The van der Waals surface area contributed by atoms with Gasteiger partial charge < -0.3 is 15.0 Å². The minimum Gasteiger partial charge on any atom is -0.383 e. The quantitative estimate of drug-likeness (QED) is 0.767. The summed E-state index contributed by atoms with van der Waals surface area (Å²) in [5.74, 6) is -0.362. The molecular weight excluding hydrogens is 350 g/mol. The van der Waals surface area contributed by atoms with Crippen molar-refractivity contribution in [2.45, 2.75) is 19.4 Å². The molecule has 1 aromatic carbocycles. The summed E-state index contributed by atoms with van der Waals surface area (Å²) in [5, 5.41) is 5.92. The Hall–Kier alpha value is -2.25. The van der Waals surface area contributed by atoms with Crippen LogP contribution in [0.4, 0.5) is 0 Å². The Morgan fingerprint density at radius 3 is 2.96 bits per heavy atom. The second-order valence-corrected chi connectivity index (χ2v) is 7.29. The molecule has 26 heavy (non-hydrogen) atoms. The third-order valence-electron chi connectivity index (χ3n) is 4.39. The van der Waals surface area contributed by atoms with E-state index in [1.54, 1.807) is 23.3 Å². The number of likely N-dealkylation sites (tertiary alicyclic amines) is 1. The molecule has 0 saturated carbocycles. The zero-order chi connectivity index (χ0) is 18.4. The number of carbonyl (C=O) groups excluding carboxylic acids is 2. The number of hydrogen-bond donors (Lipinski definition) is 1. The molecule has 0 spiro atoms. The van der Waals surface area contributed by atoms with E-state index < -0.39 is 0 Å². The highest BCUT2D eigenvalue weighted by molar-refractivity contribution is 7.09. The van der Waals surface area contributed by atoms with Crippen molar-refractivity contribution in [3.63, 3.8) is 0 Å². The second-order valence-electron chi connectivity index (χ2n) is 6.35. The van der Waals surface area contributed by atoms with E-state index in [0.29, 0.717) is 26.2 Å². The number of aromatic nitrogens is 1. The minimum atomic E-state index is -0.290. The number of methoxy groups -OCH3 is 1. The number of benzene rings is 1. The van der Waals surface area contributed by atoms with Gasteiger partial charge in [-0.3, -0.25) is 9.59 Å². The molecule has 6 nitrogen and oxygen atoms in total. The molecule has 1 saturated heterocycles. The molecule has 0 radical (unpaired) electrons. The Kier molecular flexibility index (Phi) is 6.35. The second kappa shape index (κ2) is 8.91. The van der Waals surface area contributed by atoms with Gasteiger partial charge in [-0.25, -0.2) is 4.98 Å².